The number of carbonyl (C=O) groups is 3. The maximum Gasteiger partial charge on any atom is 0.408 e. The van der Waals surface area contributed by atoms with E-state index in [4.69, 9.17) is 4.74 Å². The van der Waals surface area contributed by atoms with Gasteiger partial charge >= 0.3 is 6.09 Å². The van der Waals surface area contributed by atoms with Gasteiger partial charge in [0.25, 0.3) is 0 Å². The number of aryl methyl sites for hydroxylation is 2. The summed E-state index contributed by atoms with van der Waals surface area (Å²) < 4.78 is 5.21. The number of amides is 3. The zero-order chi connectivity index (χ0) is 23.1. The Balaban J connectivity index is 3.18. The Bertz CT molecular complexity index is 753. The van der Waals surface area contributed by atoms with E-state index in [0.29, 0.717) is 13.0 Å². The van der Waals surface area contributed by atoms with Crippen molar-refractivity contribution >= 4 is 17.9 Å². The minimum Gasteiger partial charge on any atom is -0.444 e. The molecule has 0 fully saturated rings. The number of nitrogens with zero attached hydrogens (tertiary/aromatic N) is 1. The van der Waals surface area contributed by atoms with Crippen LogP contribution in [0.1, 0.15) is 70.7 Å². The average Bonchev–Trinajstić information content (AvgIpc) is 2.58. The summed E-state index contributed by atoms with van der Waals surface area (Å²) in [7, 11) is 0. The van der Waals surface area contributed by atoms with Crippen LogP contribution >= 0.6 is 0 Å². The monoisotopic (exact) mass is 419 g/mol. The lowest BCUT2D eigenvalue weighted by Gasteiger charge is -2.33. The van der Waals surface area contributed by atoms with Crippen LogP contribution in [-0.2, 0) is 14.3 Å². The first-order chi connectivity index (χ1) is 13.9. The largest absolute Gasteiger partial charge is 0.444 e. The maximum atomic E-state index is 13.1. The molecule has 1 unspecified atom stereocenters. The highest BCUT2D eigenvalue weighted by Gasteiger charge is 2.32. The Hall–Kier alpha value is -2.57. The van der Waals surface area contributed by atoms with E-state index in [1.54, 1.807) is 20.8 Å². The quantitative estimate of drug-likeness (QED) is 0.673. The molecule has 0 saturated carbocycles. The summed E-state index contributed by atoms with van der Waals surface area (Å²) in [5.74, 6) is -0.581. The molecule has 1 rings (SSSR count). The van der Waals surface area contributed by atoms with Gasteiger partial charge in [-0.1, -0.05) is 30.7 Å². The molecule has 7 nitrogen and oxygen atoms in total. The molecule has 168 valence electrons. The second-order valence-electron chi connectivity index (χ2n) is 8.87. The normalized spacial score (nSPS) is 12.3. The van der Waals surface area contributed by atoms with Crippen LogP contribution in [0.3, 0.4) is 0 Å². The molecular formula is C23H37N3O4. The number of hydrogen-bond donors (Lipinski definition) is 2. The lowest BCUT2D eigenvalue weighted by atomic mass is 9.96. The smallest absolute Gasteiger partial charge is 0.408 e. The third-order valence-corrected chi connectivity index (χ3v) is 4.28. The molecule has 0 radical (unpaired) electrons. The topological polar surface area (TPSA) is 87.7 Å². The molecule has 1 atom stereocenters. The SMILES string of the molecule is CCCN(C(=O)CNC(=O)OC(C)(C)C)C(C(=O)NC(C)C)c1ccc(C)cc1C. The van der Waals surface area contributed by atoms with Gasteiger partial charge in [0, 0.05) is 12.6 Å². The summed E-state index contributed by atoms with van der Waals surface area (Å²) in [6.45, 7) is 15.0. The minimum atomic E-state index is -0.777. The van der Waals surface area contributed by atoms with E-state index in [1.165, 1.54) is 4.90 Å². The minimum absolute atomic E-state index is 0.0655. The van der Waals surface area contributed by atoms with Crippen molar-refractivity contribution in [2.75, 3.05) is 13.1 Å². The van der Waals surface area contributed by atoms with Gasteiger partial charge in [0.2, 0.25) is 11.8 Å². The molecule has 0 aliphatic rings. The zero-order valence-electron chi connectivity index (χ0n) is 19.6. The average molecular weight is 420 g/mol. The molecule has 7 heteroatoms. The molecule has 3 amide bonds. The molecule has 0 bridgehead atoms. The van der Waals surface area contributed by atoms with E-state index in [0.717, 1.165) is 16.7 Å². The van der Waals surface area contributed by atoms with Crippen molar-refractivity contribution in [3.05, 3.63) is 34.9 Å². The Morgan fingerprint density at radius 3 is 2.27 bits per heavy atom. The fraction of sp³-hybridized carbons (Fsp3) is 0.609. The van der Waals surface area contributed by atoms with E-state index in [9.17, 15) is 14.4 Å². The number of ether oxygens (including phenoxy) is 1. The molecule has 1 aromatic carbocycles. The van der Waals surface area contributed by atoms with Crippen LogP contribution in [0, 0.1) is 13.8 Å². The first kappa shape index (κ1) is 25.5. The van der Waals surface area contributed by atoms with Crippen molar-refractivity contribution in [2.24, 2.45) is 0 Å². The van der Waals surface area contributed by atoms with Gasteiger partial charge in [-0.25, -0.2) is 4.79 Å². The number of nitrogens with one attached hydrogen (secondary N) is 2. The van der Waals surface area contributed by atoms with Gasteiger partial charge in [-0.2, -0.15) is 0 Å². The standard InChI is InChI=1S/C23H37N3O4/c1-9-12-26(19(27)14-24-22(29)30-23(6,7)8)20(21(28)25-15(2)3)18-11-10-16(4)13-17(18)5/h10-11,13,15,20H,9,12,14H2,1-8H3,(H,24,29)(H,25,28). The molecule has 1 aromatic rings. The summed E-state index contributed by atoms with van der Waals surface area (Å²) in [6.07, 6.45) is 0.0103. The first-order valence-electron chi connectivity index (χ1n) is 10.5. The van der Waals surface area contributed by atoms with Crippen molar-refractivity contribution in [2.45, 2.75) is 79.5 Å². The Labute approximate surface area is 180 Å². The van der Waals surface area contributed by atoms with Gasteiger partial charge in [0.1, 0.15) is 18.2 Å². The summed E-state index contributed by atoms with van der Waals surface area (Å²) in [6, 6.07) is 4.99. The number of rotatable bonds is 8. The Morgan fingerprint density at radius 1 is 1.13 bits per heavy atom. The maximum absolute atomic E-state index is 13.1. The van der Waals surface area contributed by atoms with Crippen LogP contribution in [-0.4, -0.2) is 47.5 Å². The van der Waals surface area contributed by atoms with Crippen LogP contribution < -0.4 is 10.6 Å². The van der Waals surface area contributed by atoms with Crippen molar-refractivity contribution in [3.8, 4) is 0 Å². The number of hydrogen-bond acceptors (Lipinski definition) is 4. The highest BCUT2D eigenvalue weighted by Crippen LogP contribution is 2.26. The van der Waals surface area contributed by atoms with Gasteiger partial charge in [-0.15, -0.1) is 0 Å². The van der Waals surface area contributed by atoms with Crippen molar-refractivity contribution in [1.82, 2.24) is 15.5 Å². The van der Waals surface area contributed by atoms with Crippen molar-refractivity contribution < 1.29 is 19.1 Å². The fourth-order valence-electron chi connectivity index (χ4n) is 3.15. The van der Waals surface area contributed by atoms with Crippen LogP contribution in [0.2, 0.25) is 0 Å². The van der Waals surface area contributed by atoms with E-state index >= 15 is 0 Å². The molecule has 0 saturated heterocycles. The van der Waals surface area contributed by atoms with Gasteiger partial charge in [0.05, 0.1) is 0 Å². The van der Waals surface area contributed by atoms with Crippen LogP contribution in [0.25, 0.3) is 0 Å². The van der Waals surface area contributed by atoms with Gasteiger partial charge < -0.3 is 20.3 Å². The molecule has 0 aromatic heterocycles. The first-order valence-corrected chi connectivity index (χ1v) is 10.5. The third-order valence-electron chi connectivity index (χ3n) is 4.28. The summed E-state index contributed by atoms with van der Waals surface area (Å²) >= 11 is 0. The van der Waals surface area contributed by atoms with Gasteiger partial charge in [-0.05, 0) is 66.0 Å². The molecule has 2 N–H and O–H groups in total. The molecule has 0 spiro atoms. The molecule has 30 heavy (non-hydrogen) atoms. The van der Waals surface area contributed by atoms with Crippen LogP contribution in [0.4, 0.5) is 4.79 Å². The van der Waals surface area contributed by atoms with E-state index in [-0.39, 0.29) is 24.4 Å². The lowest BCUT2D eigenvalue weighted by molar-refractivity contribution is -0.140. The number of benzene rings is 1. The second-order valence-corrected chi connectivity index (χ2v) is 8.87. The second kappa shape index (κ2) is 11.0. The Morgan fingerprint density at radius 2 is 1.77 bits per heavy atom. The molecule has 0 aliphatic heterocycles. The van der Waals surface area contributed by atoms with E-state index in [1.807, 2.05) is 52.8 Å². The number of alkyl carbamates (subject to hydrolysis) is 1. The van der Waals surface area contributed by atoms with Gasteiger partial charge in [-0.3, -0.25) is 9.59 Å². The molecule has 0 aliphatic carbocycles. The predicted molar refractivity (Wildman–Crippen MR) is 118 cm³/mol. The molecule has 0 heterocycles. The summed E-state index contributed by atoms with van der Waals surface area (Å²) in [4.78, 5) is 39.7. The zero-order valence-corrected chi connectivity index (χ0v) is 19.6. The van der Waals surface area contributed by atoms with E-state index < -0.39 is 17.7 Å². The van der Waals surface area contributed by atoms with Crippen LogP contribution in [0.15, 0.2) is 18.2 Å². The van der Waals surface area contributed by atoms with Crippen LogP contribution in [0.5, 0.6) is 0 Å². The lowest BCUT2D eigenvalue weighted by Crippen LogP contribution is -2.49. The fourth-order valence-corrected chi connectivity index (χ4v) is 3.15. The molecular weight excluding hydrogens is 382 g/mol. The van der Waals surface area contributed by atoms with Gasteiger partial charge in [0.15, 0.2) is 0 Å². The number of carbonyl (C=O) groups excluding carboxylic acids is 3. The van der Waals surface area contributed by atoms with Crippen molar-refractivity contribution in [3.63, 3.8) is 0 Å². The summed E-state index contributed by atoms with van der Waals surface area (Å²) in [5.41, 5.74) is 2.14. The van der Waals surface area contributed by atoms with E-state index in [2.05, 4.69) is 10.6 Å². The highest BCUT2D eigenvalue weighted by molar-refractivity contribution is 5.90. The Kier molecular flexibility index (Phi) is 9.33. The predicted octanol–water partition coefficient (Wildman–Crippen LogP) is 3.63. The van der Waals surface area contributed by atoms with Crippen molar-refractivity contribution in [1.29, 1.82) is 0 Å². The third kappa shape index (κ3) is 8.05. The highest BCUT2D eigenvalue weighted by atomic mass is 16.6. The summed E-state index contributed by atoms with van der Waals surface area (Å²) in [5, 5.41) is 5.43.